The first-order valence-corrected chi connectivity index (χ1v) is 7.85. The van der Waals surface area contributed by atoms with E-state index in [2.05, 4.69) is 0 Å². The van der Waals surface area contributed by atoms with Crippen LogP contribution in [0.2, 0.25) is 0 Å². The van der Waals surface area contributed by atoms with Gasteiger partial charge < -0.3 is 4.90 Å². The molecule has 0 spiro atoms. The monoisotopic (exact) mass is 283 g/mol. The van der Waals surface area contributed by atoms with E-state index in [1.54, 1.807) is 14.1 Å². The number of hydrogen-bond acceptors (Lipinski definition) is 3. The highest BCUT2D eigenvalue weighted by atomic mass is 32.2. The third-order valence-electron chi connectivity index (χ3n) is 3.19. The number of amides is 1. The maximum atomic E-state index is 12.3. The van der Waals surface area contributed by atoms with Gasteiger partial charge in [0.15, 0.2) is 9.84 Å². The Bertz CT molecular complexity index is 576. The second kappa shape index (κ2) is 5.74. The highest BCUT2D eigenvalue weighted by molar-refractivity contribution is 7.92. The van der Waals surface area contributed by atoms with Gasteiger partial charge in [-0.2, -0.15) is 0 Å². The molecule has 1 amide bonds. The van der Waals surface area contributed by atoms with E-state index >= 15 is 0 Å². The quantitative estimate of drug-likeness (QED) is 0.845. The molecule has 0 saturated heterocycles. The fraction of sp³-hybridized carbons (Fsp3) is 0.500. The summed E-state index contributed by atoms with van der Waals surface area (Å²) >= 11 is 0. The van der Waals surface area contributed by atoms with Gasteiger partial charge in [0.25, 0.3) is 0 Å². The van der Waals surface area contributed by atoms with E-state index in [0.717, 1.165) is 16.7 Å². The Hall–Kier alpha value is -1.36. The van der Waals surface area contributed by atoms with Gasteiger partial charge in [0.05, 0.1) is 5.75 Å². The third-order valence-corrected chi connectivity index (χ3v) is 5.18. The van der Waals surface area contributed by atoms with Crippen LogP contribution in [0, 0.1) is 13.8 Å². The summed E-state index contributed by atoms with van der Waals surface area (Å²) in [5.74, 6) is -0.480. The maximum Gasteiger partial charge on any atom is 0.240 e. The molecule has 106 valence electrons. The number of benzene rings is 1. The van der Waals surface area contributed by atoms with Crippen LogP contribution in [-0.2, 0) is 20.4 Å². The molecule has 1 aromatic carbocycles. The third kappa shape index (κ3) is 3.80. The lowest BCUT2D eigenvalue weighted by molar-refractivity contribution is -0.127. The van der Waals surface area contributed by atoms with Crippen molar-refractivity contribution in [2.45, 2.75) is 31.8 Å². The number of carbonyl (C=O) groups excluding carboxylic acids is 1. The van der Waals surface area contributed by atoms with Crippen LogP contribution < -0.4 is 0 Å². The highest BCUT2D eigenvalue weighted by Gasteiger charge is 2.29. The normalized spacial score (nSPS) is 13.1. The first kappa shape index (κ1) is 15.7. The minimum Gasteiger partial charge on any atom is -0.348 e. The molecule has 0 heterocycles. The second-order valence-corrected chi connectivity index (χ2v) is 7.43. The van der Waals surface area contributed by atoms with Crippen LogP contribution in [0.3, 0.4) is 0 Å². The van der Waals surface area contributed by atoms with E-state index in [-0.39, 0.29) is 11.7 Å². The lowest BCUT2D eigenvalue weighted by Crippen LogP contribution is -2.37. The first-order valence-electron chi connectivity index (χ1n) is 6.14. The Morgan fingerprint density at radius 1 is 1.26 bits per heavy atom. The Kier molecular flexibility index (Phi) is 4.74. The fourth-order valence-corrected chi connectivity index (χ4v) is 3.33. The Morgan fingerprint density at radius 2 is 1.84 bits per heavy atom. The van der Waals surface area contributed by atoms with Crippen molar-refractivity contribution in [1.82, 2.24) is 4.90 Å². The molecule has 1 aromatic rings. The van der Waals surface area contributed by atoms with Crippen molar-refractivity contribution in [2.75, 3.05) is 14.1 Å². The maximum absolute atomic E-state index is 12.3. The summed E-state index contributed by atoms with van der Waals surface area (Å²) in [6.07, 6.45) is 0. The number of rotatable bonds is 4. The molecular weight excluding hydrogens is 262 g/mol. The van der Waals surface area contributed by atoms with E-state index in [1.807, 2.05) is 32.0 Å². The van der Waals surface area contributed by atoms with Gasteiger partial charge in [-0.1, -0.05) is 23.8 Å². The zero-order valence-corrected chi connectivity index (χ0v) is 12.9. The minimum atomic E-state index is -3.49. The van der Waals surface area contributed by atoms with Crippen molar-refractivity contribution in [1.29, 1.82) is 0 Å². The SMILES string of the molecule is Cc1ccc(C)c(CS(=O)(=O)C(C)C(=O)N(C)C)c1. The van der Waals surface area contributed by atoms with Crippen molar-refractivity contribution in [3.63, 3.8) is 0 Å². The van der Waals surface area contributed by atoms with Crippen molar-refractivity contribution in [2.24, 2.45) is 0 Å². The average Bonchev–Trinajstić information content (AvgIpc) is 2.31. The molecule has 0 saturated carbocycles. The van der Waals surface area contributed by atoms with E-state index < -0.39 is 15.1 Å². The molecule has 0 aliphatic carbocycles. The first-order chi connectivity index (χ1) is 8.65. The molecular formula is C14H21NO3S. The summed E-state index contributed by atoms with van der Waals surface area (Å²) in [5.41, 5.74) is 2.71. The standard InChI is InChI=1S/C14H21NO3S/c1-10-6-7-11(2)13(8-10)9-19(17,18)12(3)14(16)15(4)5/h6-8,12H,9H2,1-5H3. The Balaban J connectivity index is 3.03. The molecule has 1 atom stereocenters. The van der Waals surface area contributed by atoms with Crippen molar-refractivity contribution < 1.29 is 13.2 Å². The summed E-state index contributed by atoms with van der Waals surface area (Å²) in [7, 11) is -0.365. The molecule has 0 fully saturated rings. The molecule has 19 heavy (non-hydrogen) atoms. The number of sulfone groups is 1. The Morgan fingerprint density at radius 3 is 2.37 bits per heavy atom. The molecule has 0 aromatic heterocycles. The van der Waals surface area contributed by atoms with Crippen LogP contribution in [0.5, 0.6) is 0 Å². The summed E-state index contributed by atoms with van der Waals surface area (Å²) in [6.45, 7) is 5.25. The fourth-order valence-electron chi connectivity index (χ4n) is 1.81. The van der Waals surface area contributed by atoms with Gasteiger partial charge in [0, 0.05) is 14.1 Å². The molecule has 5 heteroatoms. The van der Waals surface area contributed by atoms with Crippen LogP contribution in [-0.4, -0.2) is 38.6 Å². The summed E-state index contributed by atoms with van der Waals surface area (Å²) in [4.78, 5) is 13.1. The summed E-state index contributed by atoms with van der Waals surface area (Å²) in [5, 5.41) is -1.01. The average molecular weight is 283 g/mol. The van der Waals surface area contributed by atoms with Gasteiger partial charge in [-0.3, -0.25) is 4.79 Å². The largest absolute Gasteiger partial charge is 0.348 e. The predicted molar refractivity (Wildman–Crippen MR) is 76.7 cm³/mol. The highest BCUT2D eigenvalue weighted by Crippen LogP contribution is 2.17. The number of carbonyl (C=O) groups is 1. The van der Waals surface area contributed by atoms with Crippen LogP contribution in [0.1, 0.15) is 23.6 Å². The molecule has 1 rings (SSSR count). The van der Waals surface area contributed by atoms with Crippen molar-refractivity contribution >= 4 is 15.7 Å². The predicted octanol–water partition coefficient (Wildman–Crippen LogP) is 1.69. The van der Waals surface area contributed by atoms with Crippen LogP contribution in [0.4, 0.5) is 0 Å². The van der Waals surface area contributed by atoms with E-state index in [9.17, 15) is 13.2 Å². The number of hydrogen-bond donors (Lipinski definition) is 0. The molecule has 4 nitrogen and oxygen atoms in total. The second-order valence-electron chi connectivity index (χ2n) is 5.11. The molecule has 0 N–H and O–H groups in total. The minimum absolute atomic E-state index is 0.0960. The van der Waals surface area contributed by atoms with Gasteiger partial charge in [-0.25, -0.2) is 8.42 Å². The molecule has 0 aliphatic rings. The number of nitrogens with zero attached hydrogens (tertiary/aromatic N) is 1. The number of aryl methyl sites for hydroxylation is 2. The van der Waals surface area contributed by atoms with Gasteiger partial charge in [-0.15, -0.1) is 0 Å². The van der Waals surface area contributed by atoms with Crippen LogP contribution >= 0.6 is 0 Å². The van der Waals surface area contributed by atoms with Gasteiger partial charge >= 0.3 is 0 Å². The Labute approximate surface area is 115 Å². The molecule has 0 bridgehead atoms. The summed E-state index contributed by atoms with van der Waals surface area (Å²) < 4.78 is 24.5. The smallest absolute Gasteiger partial charge is 0.240 e. The van der Waals surface area contributed by atoms with Gasteiger partial charge in [-0.05, 0) is 31.9 Å². The lowest BCUT2D eigenvalue weighted by Gasteiger charge is -2.18. The summed E-state index contributed by atoms with van der Waals surface area (Å²) in [6, 6.07) is 5.71. The van der Waals surface area contributed by atoms with Crippen molar-refractivity contribution in [3.8, 4) is 0 Å². The van der Waals surface area contributed by atoms with Gasteiger partial charge in [0.1, 0.15) is 5.25 Å². The van der Waals surface area contributed by atoms with Crippen LogP contribution in [0.15, 0.2) is 18.2 Å². The zero-order valence-electron chi connectivity index (χ0n) is 12.1. The molecule has 0 aliphatic heterocycles. The van der Waals surface area contributed by atoms with Crippen LogP contribution in [0.25, 0.3) is 0 Å². The zero-order chi connectivity index (χ0) is 14.8. The van der Waals surface area contributed by atoms with Crippen molar-refractivity contribution in [3.05, 3.63) is 34.9 Å². The van der Waals surface area contributed by atoms with E-state index in [4.69, 9.17) is 0 Å². The molecule has 1 unspecified atom stereocenters. The van der Waals surface area contributed by atoms with E-state index in [0.29, 0.717) is 0 Å². The van der Waals surface area contributed by atoms with E-state index in [1.165, 1.54) is 11.8 Å². The lowest BCUT2D eigenvalue weighted by atomic mass is 10.1. The molecule has 0 radical (unpaired) electrons. The topological polar surface area (TPSA) is 54.5 Å². The van der Waals surface area contributed by atoms with Gasteiger partial charge in [0.2, 0.25) is 5.91 Å².